The number of carboxylic acids is 1. The number of aliphatic carboxylic acids is 1. The highest BCUT2D eigenvalue weighted by molar-refractivity contribution is 5.83. The molecule has 1 aromatic heterocycles. The Morgan fingerprint density at radius 1 is 1.19 bits per heavy atom. The third-order valence-corrected chi connectivity index (χ3v) is 7.60. The molecule has 5 nitrogen and oxygen atoms in total. The number of piperidine rings is 1. The number of pyridine rings is 1. The second kappa shape index (κ2) is 13.0. The topological polar surface area (TPSA) is 62.7 Å². The number of likely N-dealkylation sites (tertiary alicyclic amines) is 1. The molecule has 1 aliphatic heterocycles. The van der Waals surface area contributed by atoms with E-state index in [9.17, 15) is 14.3 Å². The van der Waals surface area contributed by atoms with Crippen molar-refractivity contribution in [2.75, 3.05) is 26.7 Å². The number of alkyl halides is 1. The first-order valence-corrected chi connectivity index (χ1v) is 13.2. The van der Waals surface area contributed by atoms with Crippen molar-refractivity contribution < 1.29 is 23.4 Å². The molecule has 3 aromatic rings. The van der Waals surface area contributed by atoms with Crippen LogP contribution in [-0.4, -0.2) is 47.7 Å². The summed E-state index contributed by atoms with van der Waals surface area (Å²) in [6.45, 7) is 2.52. The molecule has 0 amide bonds. The second-order valence-electron chi connectivity index (χ2n) is 10.1. The molecule has 0 unspecified atom stereocenters. The quantitative estimate of drug-likeness (QED) is 0.278. The van der Waals surface area contributed by atoms with Crippen LogP contribution in [0.4, 0.5) is 8.78 Å². The highest BCUT2D eigenvalue weighted by atomic mass is 19.1. The lowest BCUT2D eigenvalue weighted by molar-refractivity contribution is -0.139. The molecule has 3 atom stereocenters. The summed E-state index contributed by atoms with van der Waals surface area (Å²) in [7, 11) is 1.59. The normalized spacial score (nSPS) is 19.1. The van der Waals surface area contributed by atoms with Crippen LogP contribution < -0.4 is 4.74 Å². The van der Waals surface area contributed by atoms with Crippen molar-refractivity contribution >= 4 is 16.9 Å². The van der Waals surface area contributed by atoms with Crippen LogP contribution in [0.5, 0.6) is 5.75 Å². The molecule has 0 radical (unpaired) electrons. The zero-order chi connectivity index (χ0) is 26.2. The van der Waals surface area contributed by atoms with Crippen LogP contribution in [0.1, 0.15) is 55.8 Å². The molecule has 0 saturated carbocycles. The van der Waals surface area contributed by atoms with Gasteiger partial charge in [-0.15, -0.1) is 0 Å². The maximum atomic E-state index is 15.5. The fraction of sp³-hybridized carbons (Fsp3) is 0.467. The first kappa shape index (κ1) is 27.0. The Bertz CT molecular complexity index is 1190. The molecule has 37 heavy (non-hydrogen) atoms. The number of aryl methyl sites for hydroxylation is 1. The number of rotatable bonds is 12. The number of nitrogens with zero attached hydrogens (tertiary/aromatic N) is 2. The van der Waals surface area contributed by atoms with Crippen LogP contribution in [0, 0.1) is 17.7 Å². The summed E-state index contributed by atoms with van der Waals surface area (Å²) in [5.41, 5.74) is 2.34. The average molecular weight is 511 g/mol. The highest BCUT2D eigenvalue weighted by Crippen LogP contribution is 2.36. The number of hydrogen-bond acceptors (Lipinski definition) is 4. The molecule has 4 rings (SSSR count). The van der Waals surface area contributed by atoms with E-state index >= 15 is 4.39 Å². The van der Waals surface area contributed by atoms with E-state index in [0.717, 1.165) is 61.8 Å². The Hall–Kier alpha value is -3.06. The van der Waals surface area contributed by atoms with Crippen molar-refractivity contribution in [1.29, 1.82) is 0 Å². The Kier molecular flexibility index (Phi) is 9.45. The monoisotopic (exact) mass is 510 g/mol. The van der Waals surface area contributed by atoms with Gasteiger partial charge in [0.2, 0.25) is 0 Å². The van der Waals surface area contributed by atoms with E-state index in [2.05, 4.69) is 9.88 Å². The molecule has 1 saturated heterocycles. The van der Waals surface area contributed by atoms with E-state index in [1.165, 1.54) is 6.07 Å². The maximum Gasteiger partial charge on any atom is 0.303 e. The van der Waals surface area contributed by atoms with Crippen molar-refractivity contribution in [3.8, 4) is 5.75 Å². The van der Waals surface area contributed by atoms with Gasteiger partial charge in [0.15, 0.2) is 0 Å². The highest BCUT2D eigenvalue weighted by Gasteiger charge is 2.31. The Balaban J connectivity index is 1.31. The number of halogens is 2. The number of benzene rings is 2. The summed E-state index contributed by atoms with van der Waals surface area (Å²) in [6.07, 6.45) is 5.25. The number of aromatic nitrogens is 1. The van der Waals surface area contributed by atoms with Crippen molar-refractivity contribution in [3.05, 3.63) is 71.7 Å². The minimum absolute atomic E-state index is 0.0101. The van der Waals surface area contributed by atoms with Crippen molar-refractivity contribution in [1.82, 2.24) is 9.88 Å². The van der Waals surface area contributed by atoms with E-state index in [4.69, 9.17) is 4.74 Å². The molecule has 1 aliphatic rings. The SMILES string of the molecule is COc1ccc2nccc([C@@H](F)CC[C@@H]3CCN(CCCCc4cccc(F)c4)C[C@@H]3CC(=O)O)c2c1. The summed E-state index contributed by atoms with van der Waals surface area (Å²) in [5, 5.41) is 10.3. The number of fused-ring (bicyclic) bond motifs is 1. The average Bonchev–Trinajstić information content (AvgIpc) is 2.89. The number of unbranched alkanes of at least 4 members (excludes halogenated alkanes) is 1. The standard InChI is InChI=1S/C30H36F2N2O3/c1-37-25-9-11-29-27(19-25)26(12-14-33-29)28(32)10-8-22-13-16-34(20-23(22)18-30(35)36)15-3-2-5-21-6-4-7-24(31)17-21/h4,6-7,9,11-12,14,17,19,22-23,28H,2-3,5,8,10,13,15-16,18,20H2,1H3,(H,35,36)/t22-,23+,28+/m1/s1. The summed E-state index contributed by atoms with van der Waals surface area (Å²) >= 11 is 0. The van der Waals surface area contributed by atoms with Gasteiger partial charge in [-0.25, -0.2) is 8.78 Å². The van der Waals surface area contributed by atoms with Gasteiger partial charge in [0.25, 0.3) is 0 Å². The molecule has 2 aromatic carbocycles. The molecule has 1 N–H and O–H groups in total. The second-order valence-corrected chi connectivity index (χ2v) is 10.1. The molecular weight excluding hydrogens is 474 g/mol. The molecular formula is C30H36F2N2O3. The van der Waals surface area contributed by atoms with Gasteiger partial charge >= 0.3 is 5.97 Å². The Labute approximate surface area is 217 Å². The zero-order valence-electron chi connectivity index (χ0n) is 21.4. The third kappa shape index (κ3) is 7.48. The largest absolute Gasteiger partial charge is 0.497 e. The first-order valence-electron chi connectivity index (χ1n) is 13.2. The number of carbonyl (C=O) groups is 1. The number of hydrogen-bond donors (Lipinski definition) is 1. The molecule has 1 fully saturated rings. The number of methoxy groups -OCH3 is 1. The minimum Gasteiger partial charge on any atom is -0.497 e. The van der Waals surface area contributed by atoms with Crippen LogP contribution in [0.25, 0.3) is 10.9 Å². The number of ether oxygens (including phenoxy) is 1. The van der Waals surface area contributed by atoms with Gasteiger partial charge in [0, 0.05) is 24.5 Å². The summed E-state index contributed by atoms with van der Waals surface area (Å²) in [4.78, 5) is 18.3. The van der Waals surface area contributed by atoms with E-state index in [1.54, 1.807) is 31.5 Å². The molecule has 0 aliphatic carbocycles. The third-order valence-electron chi connectivity index (χ3n) is 7.60. The summed E-state index contributed by atoms with van der Waals surface area (Å²) < 4.78 is 34.2. The van der Waals surface area contributed by atoms with Gasteiger partial charge in [-0.1, -0.05) is 12.1 Å². The van der Waals surface area contributed by atoms with Gasteiger partial charge in [0.05, 0.1) is 12.6 Å². The lowest BCUT2D eigenvalue weighted by atomic mass is 9.79. The fourth-order valence-electron chi connectivity index (χ4n) is 5.61. The first-order chi connectivity index (χ1) is 17.9. The molecule has 0 bridgehead atoms. The van der Waals surface area contributed by atoms with Gasteiger partial charge in [0.1, 0.15) is 17.7 Å². The van der Waals surface area contributed by atoms with Crippen LogP contribution in [0.15, 0.2) is 54.7 Å². The van der Waals surface area contributed by atoms with E-state index in [1.807, 2.05) is 24.3 Å². The summed E-state index contributed by atoms with van der Waals surface area (Å²) in [5.74, 6) is -0.148. The van der Waals surface area contributed by atoms with E-state index in [0.29, 0.717) is 24.2 Å². The zero-order valence-corrected chi connectivity index (χ0v) is 21.4. The van der Waals surface area contributed by atoms with E-state index in [-0.39, 0.29) is 24.1 Å². The maximum absolute atomic E-state index is 15.5. The predicted octanol–water partition coefficient (Wildman–Crippen LogP) is 6.61. The smallest absolute Gasteiger partial charge is 0.303 e. The molecule has 2 heterocycles. The Morgan fingerprint density at radius 3 is 2.84 bits per heavy atom. The van der Waals surface area contributed by atoms with Crippen LogP contribution in [-0.2, 0) is 11.2 Å². The lowest BCUT2D eigenvalue weighted by Gasteiger charge is -2.38. The number of carboxylic acid groups (broad SMARTS) is 1. The van der Waals surface area contributed by atoms with Crippen molar-refractivity contribution in [3.63, 3.8) is 0 Å². The van der Waals surface area contributed by atoms with Gasteiger partial charge in [-0.2, -0.15) is 0 Å². The van der Waals surface area contributed by atoms with Gasteiger partial charge in [-0.05, 0) is 111 Å². The van der Waals surface area contributed by atoms with Crippen molar-refractivity contribution in [2.24, 2.45) is 11.8 Å². The molecule has 7 heteroatoms. The lowest BCUT2D eigenvalue weighted by Crippen LogP contribution is -2.41. The van der Waals surface area contributed by atoms with Crippen LogP contribution in [0.2, 0.25) is 0 Å². The summed E-state index contributed by atoms with van der Waals surface area (Å²) in [6, 6.07) is 13.9. The predicted molar refractivity (Wildman–Crippen MR) is 141 cm³/mol. The minimum atomic E-state index is -1.15. The molecule has 0 spiro atoms. The molecule has 198 valence electrons. The van der Waals surface area contributed by atoms with Crippen LogP contribution in [0.3, 0.4) is 0 Å². The van der Waals surface area contributed by atoms with Gasteiger partial charge in [-0.3, -0.25) is 9.78 Å². The fourth-order valence-corrected chi connectivity index (χ4v) is 5.61. The van der Waals surface area contributed by atoms with Gasteiger partial charge < -0.3 is 14.7 Å². The van der Waals surface area contributed by atoms with Crippen LogP contribution >= 0.6 is 0 Å². The van der Waals surface area contributed by atoms with Crippen molar-refractivity contribution in [2.45, 2.75) is 51.1 Å². The van der Waals surface area contributed by atoms with E-state index < -0.39 is 12.1 Å². The Morgan fingerprint density at radius 2 is 2.05 bits per heavy atom.